The van der Waals surface area contributed by atoms with E-state index in [1.54, 1.807) is 0 Å². The molecular formula is C10H17N3O3S. The van der Waals surface area contributed by atoms with Crippen molar-refractivity contribution in [2.45, 2.75) is 32.7 Å². The molecule has 1 atom stereocenters. The van der Waals surface area contributed by atoms with E-state index < -0.39 is 16.8 Å². The molecular weight excluding hydrogens is 242 g/mol. The van der Waals surface area contributed by atoms with Gasteiger partial charge in [-0.3, -0.25) is 8.89 Å². The first kappa shape index (κ1) is 13.8. The van der Waals surface area contributed by atoms with Crippen LogP contribution in [0.15, 0.2) is 6.20 Å². The maximum Gasteiger partial charge on any atom is 0.358 e. The van der Waals surface area contributed by atoms with E-state index in [4.69, 9.17) is 5.11 Å². The molecule has 1 aromatic rings. The number of hydrogen-bond donors (Lipinski definition) is 1. The molecule has 0 bridgehead atoms. The summed E-state index contributed by atoms with van der Waals surface area (Å²) in [4.78, 5) is 10.6. The molecule has 0 saturated carbocycles. The van der Waals surface area contributed by atoms with E-state index in [0.29, 0.717) is 18.1 Å². The van der Waals surface area contributed by atoms with E-state index >= 15 is 0 Å². The summed E-state index contributed by atoms with van der Waals surface area (Å²) in [5.41, 5.74) is -0.0817. The highest BCUT2D eigenvalue weighted by Crippen LogP contribution is 1.98. The number of unbranched alkanes of at least 4 members (excludes halogenated alkanes) is 2. The Bertz CT molecular complexity index is 392. The van der Waals surface area contributed by atoms with E-state index in [-0.39, 0.29) is 5.69 Å². The highest BCUT2D eigenvalue weighted by molar-refractivity contribution is 7.84. The summed E-state index contributed by atoms with van der Waals surface area (Å²) >= 11 is 0. The fourth-order valence-electron chi connectivity index (χ4n) is 1.32. The predicted molar refractivity (Wildman–Crippen MR) is 64.4 cm³/mol. The van der Waals surface area contributed by atoms with E-state index in [1.807, 2.05) is 0 Å². The number of hydrogen-bond acceptors (Lipinski definition) is 4. The lowest BCUT2D eigenvalue weighted by Gasteiger charge is -2.01. The zero-order valence-corrected chi connectivity index (χ0v) is 10.7. The molecule has 0 amide bonds. The third-order valence-electron chi connectivity index (χ3n) is 2.28. The van der Waals surface area contributed by atoms with Crippen LogP contribution < -0.4 is 0 Å². The van der Waals surface area contributed by atoms with Gasteiger partial charge in [-0.2, -0.15) is 0 Å². The van der Waals surface area contributed by atoms with E-state index in [2.05, 4.69) is 17.2 Å². The Labute approximate surface area is 102 Å². The minimum atomic E-state index is -1.10. The summed E-state index contributed by atoms with van der Waals surface area (Å²) in [5.74, 6) is 0.0980. The SMILES string of the molecule is CCCCCS(=O)CCn1cc(C(=O)O)nn1. The number of carboxylic acids is 1. The molecule has 0 fully saturated rings. The molecule has 96 valence electrons. The van der Waals surface area contributed by atoms with Crippen molar-refractivity contribution in [3.8, 4) is 0 Å². The topological polar surface area (TPSA) is 85.1 Å². The third-order valence-corrected chi connectivity index (χ3v) is 3.66. The monoisotopic (exact) mass is 259 g/mol. The van der Waals surface area contributed by atoms with Gasteiger partial charge >= 0.3 is 5.97 Å². The van der Waals surface area contributed by atoms with Gasteiger partial charge in [0.1, 0.15) is 0 Å². The van der Waals surface area contributed by atoms with Crippen molar-refractivity contribution in [3.63, 3.8) is 0 Å². The first-order valence-corrected chi connectivity index (χ1v) is 7.10. The van der Waals surface area contributed by atoms with Crippen molar-refractivity contribution >= 4 is 16.8 Å². The van der Waals surface area contributed by atoms with Crippen LogP contribution >= 0.6 is 0 Å². The molecule has 17 heavy (non-hydrogen) atoms. The van der Waals surface area contributed by atoms with E-state index in [1.165, 1.54) is 10.9 Å². The molecule has 0 aliphatic heterocycles. The lowest BCUT2D eigenvalue weighted by Crippen LogP contribution is -2.10. The molecule has 6 nitrogen and oxygen atoms in total. The average Bonchev–Trinajstić information content (AvgIpc) is 2.75. The second kappa shape index (κ2) is 7.16. The molecule has 7 heteroatoms. The summed E-state index contributed by atoms with van der Waals surface area (Å²) < 4.78 is 13.0. The van der Waals surface area contributed by atoms with Crippen LogP contribution in [0.3, 0.4) is 0 Å². The van der Waals surface area contributed by atoms with Crippen LogP contribution in [-0.2, 0) is 17.3 Å². The first-order valence-electron chi connectivity index (χ1n) is 5.62. The fraction of sp³-hybridized carbons (Fsp3) is 0.700. The van der Waals surface area contributed by atoms with E-state index in [9.17, 15) is 9.00 Å². The smallest absolute Gasteiger partial charge is 0.358 e. The standard InChI is InChI=1S/C10H17N3O3S/c1-2-3-4-6-17(16)7-5-13-8-9(10(14)15)11-12-13/h8H,2-7H2,1H3,(H,14,15). The molecule has 1 N–H and O–H groups in total. The highest BCUT2D eigenvalue weighted by atomic mass is 32.2. The van der Waals surface area contributed by atoms with Gasteiger partial charge in [0, 0.05) is 22.3 Å². The molecule has 0 radical (unpaired) electrons. The van der Waals surface area contributed by atoms with Gasteiger partial charge in [0.05, 0.1) is 12.7 Å². The Morgan fingerprint density at radius 2 is 2.24 bits per heavy atom. The second-order valence-corrected chi connectivity index (χ2v) is 5.42. The summed E-state index contributed by atoms with van der Waals surface area (Å²) in [6.07, 6.45) is 4.53. The van der Waals surface area contributed by atoms with Gasteiger partial charge in [0.25, 0.3) is 0 Å². The van der Waals surface area contributed by atoms with Gasteiger partial charge in [-0.05, 0) is 6.42 Å². The molecule has 0 aromatic carbocycles. The minimum Gasteiger partial charge on any atom is -0.476 e. The maximum absolute atomic E-state index is 11.6. The Hall–Kier alpha value is -1.24. The lowest BCUT2D eigenvalue weighted by atomic mass is 10.3. The van der Waals surface area contributed by atoms with Gasteiger partial charge in [0.15, 0.2) is 5.69 Å². The number of aromatic carboxylic acids is 1. The highest BCUT2D eigenvalue weighted by Gasteiger charge is 2.08. The van der Waals surface area contributed by atoms with Gasteiger partial charge in [-0.25, -0.2) is 4.79 Å². The van der Waals surface area contributed by atoms with Crippen molar-refractivity contribution < 1.29 is 14.1 Å². The van der Waals surface area contributed by atoms with Gasteiger partial charge in [-0.1, -0.05) is 25.0 Å². The summed E-state index contributed by atoms with van der Waals surface area (Å²) in [6.45, 7) is 2.55. The van der Waals surface area contributed by atoms with Gasteiger partial charge < -0.3 is 5.11 Å². The first-order chi connectivity index (χ1) is 8.13. The summed E-state index contributed by atoms with van der Waals surface area (Å²) in [7, 11) is -0.859. The zero-order chi connectivity index (χ0) is 12.7. The largest absolute Gasteiger partial charge is 0.476 e. The fourth-order valence-corrected chi connectivity index (χ4v) is 2.44. The molecule has 0 spiro atoms. The van der Waals surface area contributed by atoms with Crippen LogP contribution in [0.25, 0.3) is 0 Å². The van der Waals surface area contributed by atoms with Crippen molar-refractivity contribution in [3.05, 3.63) is 11.9 Å². The normalized spacial score (nSPS) is 12.5. The van der Waals surface area contributed by atoms with Crippen LogP contribution in [0.2, 0.25) is 0 Å². The lowest BCUT2D eigenvalue weighted by molar-refractivity contribution is 0.0690. The van der Waals surface area contributed by atoms with Crippen molar-refractivity contribution in [1.82, 2.24) is 15.0 Å². The van der Waals surface area contributed by atoms with Crippen molar-refractivity contribution in [2.75, 3.05) is 11.5 Å². The Morgan fingerprint density at radius 1 is 1.47 bits per heavy atom. The predicted octanol–water partition coefficient (Wildman–Crippen LogP) is 0.915. The van der Waals surface area contributed by atoms with E-state index in [0.717, 1.165) is 19.3 Å². The molecule has 1 unspecified atom stereocenters. The number of nitrogens with zero attached hydrogens (tertiary/aromatic N) is 3. The van der Waals surface area contributed by atoms with Crippen LogP contribution in [0.5, 0.6) is 0 Å². The molecule has 1 heterocycles. The number of aromatic nitrogens is 3. The van der Waals surface area contributed by atoms with Gasteiger partial charge in [0.2, 0.25) is 0 Å². The van der Waals surface area contributed by atoms with Crippen LogP contribution in [0.1, 0.15) is 36.7 Å². The Kier molecular flexibility index (Phi) is 5.82. The molecule has 0 aliphatic carbocycles. The maximum atomic E-state index is 11.6. The third kappa shape index (κ3) is 5.08. The van der Waals surface area contributed by atoms with Gasteiger partial charge in [-0.15, -0.1) is 5.10 Å². The number of aryl methyl sites for hydroxylation is 1. The Morgan fingerprint density at radius 3 is 2.82 bits per heavy atom. The zero-order valence-electron chi connectivity index (χ0n) is 9.83. The van der Waals surface area contributed by atoms with Crippen LogP contribution in [0.4, 0.5) is 0 Å². The quantitative estimate of drug-likeness (QED) is 0.701. The molecule has 1 aromatic heterocycles. The summed E-state index contributed by atoms with van der Waals surface area (Å²) in [5, 5.41) is 15.8. The molecule has 0 aliphatic rings. The number of carboxylic acid groups (broad SMARTS) is 1. The second-order valence-electron chi connectivity index (χ2n) is 3.73. The van der Waals surface area contributed by atoms with Crippen LogP contribution in [-0.4, -0.2) is 41.8 Å². The molecule has 0 saturated heterocycles. The number of carbonyl (C=O) groups is 1. The summed E-state index contributed by atoms with van der Waals surface area (Å²) in [6, 6.07) is 0. The minimum absolute atomic E-state index is 0.0817. The Balaban J connectivity index is 2.29. The van der Waals surface area contributed by atoms with Crippen LogP contribution in [0, 0.1) is 0 Å². The molecule has 1 rings (SSSR count). The average molecular weight is 259 g/mol. The van der Waals surface area contributed by atoms with Crippen molar-refractivity contribution in [2.24, 2.45) is 0 Å². The number of rotatable bonds is 8. The van der Waals surface area contributed by atoms with Crippen molar-refractivity contribution in [1.29, 1.82) is 0 Å².